The molecule has 0 aliphatic rings. The molecular weight excluding hydrogens is 443 g/mol. The summed E-state index contributed by atoms with van der Waals surface area (Å²) < 4.78 is 30.9. The quantitative estimate of drug-likeness (QED) is 0.219. The van der Waals surface area contributed by atoms with E-state index >= 15 is 0 Å². The Morgan fingerprint density at radius 3 is 2.38 bits per heavy atom. The second-order valence-corrected chi connectivity index (χ2v) is 6.56. The monoisotopic (exact) mass is 470 g/mol. The number of guanidine groups is 1. The summed E-state index contributed by atoms with van der Waals surface area (Å²) in [5, 5.41) is 6.33. The first kappa shape index (κ1) is 23.1. The van der Waals surface area contributed by atoms with Crippen LogP contribution in [-0.2, 0) is 21.3 Å². The molecule has 0 fully saturated rings. The lowest BCUT2D eigenvalue weighted by molar-refractivity contribution is 0.152. The van der Waals surface area contributed by atoms with Gasteiger partial charge in [0.25, 0.3) is 0 Å². The standard InChI is InChI=1S/C15H26N4O3S.HI/c1-4-17-15(18-10-11-22-5-2)19-12-13-6-8-14(9-7-13)23(20,21)16-3;/h6-9,16H,4-5,10-12H2,1-3H3,(H2,17,18,19);1H. The zero-order valence-electron chi connectivity index (χ0n) is 14.3. The highest BCUT2D eigenvalue weighted by Gasteiger charge is 2.10. The van der Waals surface area contributed by atoms with Crippen LogP contribution in [0.1, 0.15) is 19.4 Å². The van der Waals surface area contributed by atoms with Crippen LogP contribution in [0.4, 0.5) is 0 Å². The molecule has 0 unspecified atom stereocenters. The zero-order chi connectivity index (χ0) is 17.1. The summed E-state index contributed by atoms with van der Waals surface area (Å²) in [5.41, 5.74) is 0.932. The third-order valence-corrected chi connectivity index (χ3v) is 4.44. The fraction of sp³-hybridized carbons (Fsp3) is 0.533. The number of nitrogens with zero attached hydrogens (tertiary/aromatic N) is 1. The molecule has 0 heterocycles. The Labute approximate surface area is 161 Å². The summed E-state index contributed by atoms with van der Waals surface area (Å²) in [6.45, 7) is 7.17. The Balaban J connectivity index is 0.00000529. The number of nitrogens with one attached hydrogen (secondary N) is 3. The number of rotatable bonds is 9. The van der Waals surface area contributed by atoms with E-state index in [9.17, 15) is 8.42 Å². The molecule has 0 atom stereocenters. The number of aliphatic imine (C=N–C) groups is 1. The Morgan fingerprint density at radius 1 is 1.17 bits per heavy atom. The maximum atomic E-state index is 11.7. The van der Waals surface area contributed by atoms with Crippen molar-refractivity contribution >= 4 is 40.0 Å². The van der Waals surface area contributed by atoms with E-state index in [4.69, 9.17) is 4.74 Å². The van der Waals surface area contributed by atoms with E-state index in [2.05, 4.69) is 20.3 Å². The molecule has 0 amide bonds. The lowest BCUT2D eigenvalue weighted by atomic mass is 10.2. The molecule has 0 aliphatic heterocycles. The molecule has 0 spiro atoms. The molecule has 0 aromatic heterocycles. The number of hydrogen-bond donors (Lipinski definition) is 3. The average molecular weight is 470 g/mol. The van der Waals surface area contributed by atoms with Crippen LogP contribution in [0.5, 0.6) is 0 Å². The van der Waals surface area contributed by atoms with Crippen LogP contribution in [0.25, 0.3) is 0 Å². The number of sulfonamides is 1. The maximum absolute atomic E-state index is 11.7. The minimum Gasteiger partial charge on any atom is -0.380 e. The normalized spacial score (nSPS) is 11.7. The van der Waals surface area contributed by atoms with Crippen LogP contribution in [0, 0.1) is 0 Å². The predicted octanol–water partition coefficient (Wildman–Crippen LogP) is 1.30. The summed E-state index contributed by atoms with van der Waals surface area (Å²) in [7, 11) is -2.00. The minimum atomic E-state index is -3.40. The second-order valence-electron chi connectivity index (χ2n) is 4.67. The van der Waals surface area contributed by atoms with Crippen LogP contribution in [0.3, 0.4) is 0 Å². The largest absolute Gasteiger partial charge is 0.380 e. The lowest BCUT2D eigenvalue weighted by Gasteiger charge is -2.11. The molecule has 0 saturated carbocycles. The summed E-state index contributed by atoms with van der Waals surface area (Å²) in [4.78, 5) is 4.71. The Hall–Kier alpha value is -0.910. The molecule has 0 saturated heterocycles. The lowest BCUT2D eigenvalue weighted by Crippen LogP contribution is -2.39. The Morgan fingerprint density at radius 2 is 1.83 bits per heavy atom. The first-order valence-electron chi connectivity index (χ1n) is 7.66. The van der Waals surface area contributed by atoms with E-state index in [0.29, 0.717) is 32.3 Å². The molecule has 0 radical (unpaired) electrons. The fourth-order valence-corrected chi connectivity index (χ4v) is 2.52. The fourth-order valence-electron chi connectivity index (χ4n) is 1.79. The molecular formula is C15H27IN4O3S. The smallest absolute Gasteiger partial charge is 0.240 e. The van der Waals surface area contributed by atoms with Crippen molar-refractivity contribution in [2.45, 2.75) is 25.3 Å². The van der Waals surface area contributed by atoms with Gasteiger partial charge in [0, 0.05) is 19.7 Å². The third kappa shape index (κ3) is 8.27. The van der Waals surface area contributed by atoms with Gasteiger partial charge in [0.15, 0.2) is 5.96 Å². The van der Waals surface area contributed by atoms with Gasteiger partial charge in [0.1, 0.15) is 0 Å². The van der Waals surface area contributed by atoms with Gasteiger partial charge in [-0.2, -0.15) is 0 Å². The maximum Gasteiger partial charge on any atom is 0.240 e. The molecule has 1 aromatic rings. The molecule has 0 bridgehead atoms. The number of ether oxygens (including phenoxy) is 1. The van der Waals surface area contributed by atoms with Gasteiger partial charge in [-0.1, -0.05) is 12.1 Å². The van der Waals surface area contributed by atoms with Gasteiger partial charge in [0.2, 0.25) is 10.0 Å². The van der Waals surface area contributed by atoms with Crippen molar-refractivity contribution in [3.63, 3.8) is 0 Å². The van der Waals surface area contributed by atoms with Crippen LogP contribution in [-0.4, -0.2) is 47.7 Å². The first-order chi connectivity index (χ1) is 11.0. The van der Waals surface area contributed by atoms with Gasteiger partial charge < -0.3 is 15.4 Å². The molecule has 1 aromatic carbocycles. The number of hydrogen-bond acceptors (Lipinski definition) is 4. The Bertz CT molecular complexity index is 591. The van der Waals surface area contributed by atoms with Gasteiger partial charge in [-0.05, 0) is 38.6 Å². The van der Waals surface area contributed by atoms with E-state index < -0.39 is 10.0 Å². The van der Waals surface area contributed by atoms with Gasteiger partial charge in [-0.15, -0.1) is 24.0 Å². The minimum absolute atomic E-state index is 0. The second kappa shape index (κ2) is 12.5. The van der Waals surface area contributed by atoms with Gasteiger partial charge >= 0.3 is 0 Å². The van der Waals surface area contributed by atoms with Crippen LogP contribution >= 0.6 is 24.0 Å². The summed E-state index contributed by atoms with van der Waals surface area (Å²) >= 11 is 0. The van der Waals surface area contributed by atoms with Crippen molar-refractivity contribution in [1.82, 2.24) is 15.4 Å². The van der Waals surface area contributed by atoms with Crippen LogP contribution in [0.2, 0.25) is 0 Å². The van der Waals surface area contributed by atoms with Crippen molar-refractivity contribution in [1.29, 1.82) is 0 Å². The number of benzene rings is 1. The topological polar surface area (TPSA) is 91.8 Å². The molecule has 1 rings (SSSR count). The average Bonchev–Trinajstić information content (AvgIpc) is 2.56. The Kier molecular flexibility index (Phi) is 12.0. The molecule has 0 aliphatic carbocycles. The summed E-state index contributed by atoms with van der Waals surface area (Å²) in [5.74, 6) is 0.708. The highest BCUT2D eigenvalue weighted by atomic mass is 127. The molecule has 7 nitrogen and oxygen atoms in total. The molecule has 3 N–H and O–H groups in total. The molecule has 24 heavy (non-hydrogen) atoms. The van der Waals surface area contributed by atoms with Crippen molar-refractivity contribution < 1.29 is 13.2 Å². The SMILES string of the molecule is CCNC(=NCc1ccc(S(=O)(=O)NC)cc1)NCCOCC.I. The molecule has 9 heteroatoms. The van der Waals surface area contributed by atoms with E-state index in [0.717, 1.165) is 12.1 Å². The van der Waals surface area contributed by atoms with Gasteiger partial charge in [0.05, 0.1) is 18.0 Å². The van der Waals surface area contributed by atoms with Gasteiger partial charge in [-0.25, -0.2) is 18.1 Å². The summed E-state index contributed by atoms with van der Waals surface area (Å²) in [6, 6.07) is 6.67. The van der Waals surface area contributed by atoms with Crippen molar-refractivity contribution in [3.8, 4) is 0 Å². The van der Waals surface area contributed by atoms with E-state index in [-0.39, 0.29) is 28.9 Å². The third-order valence-electron chi connectivity index (χ3n) is 3.01. The highest BCUT2D eigenvalue weighted by Crippen LogP contribution is 2.10. The van der Waals surface area contributed by atoms with Crippen molar-refractivity contribution in [3.05, 3.63) is 29.8 Å². The van der Waals surface area contributed by atoms with E-state index in [1.165, 1.54) is 7.05 Å². The van der Waals surface area contributed by atoms with Crippen molar-refractivity contribution in [2.75, 3.05) is 33.4 Å². The molecule has 138 valence electrons. The van der Waals surface area contributed by atoms with Gasteiger partial charge in [-0.3, -0.25) is 0 Å². The zero-order valence-corrected chi connectivity index (χ0v) is 17.5. The first-order valence-corrected chi connectivity index (χ1v) is 9.14. The highest BCUT2D eigenvalue weighted by molar-refractivity contribution is 14.0. The van der Waals surface area contributed by atoms with E-state index in [1.54, 1.807) is 24.3 Å². The summed E-state index contributed by atoms with van der Waals surface area (Å²) in [6.07, 6.45) is 0. The van der Waals surface area contributed by atoms with Crippen molar-refractivity contribution in [2.24, 2.45) is 4.99 Å². The van der Waals surface area contributed by atoms with Crippen LogP contribution in [0.15, 0.2) is 34.2 Å². The van der Waals surface area contributed by atoms with E-state index in [1.807, 2.05) is 13.8 Å². The van der Waals surface area contributed by atoms with Crippen LogP contribution < -0.4 is 15.4 Å². The number of halogens is 1. The predicted molar refractivity (Wildman–Crippen MR) is 107 cm³/mol.